The van der Waals surface area contributed by atoms with Crippen molar-refractivity contribution >= 4 is 50.4 Å². The number of fused-ring (bicyclic) bond motifs is 1. The zero-order valence-electron chi connectivity index (χ0n) is 15.7. The third kappa shape index (κ3) is 3.47. The number of anilines is 1. The Kier molecular flexibility index (Phi) is 5.03. The molecule has 2 amide bonds. The average molecular weight is 416 g/mol. The number of carbonyl (C=O) groups is 2. The Bertz CT molecular complexity index is 1040. The molecular formula is C19H21N5O2S2. The van der Waals surface area contributed by atoms with Gasteiger partial charge in [0.15, 0.2) is 0 Å². The van der Waals surface area contributed by atoms with Crippen LogP contribution >= 0.6 is 22.7 Å². The number of amides is 2. The molecule has 0 aromatic carbocycles. The van der Waals surface area contributed by atoms with E-state index >= 15 is 0 Å². The summed E-state index contributed by atoms with van der Waals surface area (Å²) in [5.74, 6) is -0.114. The predicted molar refractivity (Wildman–Crippen MR) is 112 cm³/mol. The molecule has 1 aliphatic heterocycles. The van der Waals surface area contributed by atoms with Crippen LogP contribution in [0, 0.1) is 13.8 Å². The Morgan fingerprint density at radius 3 is 2.93 bits per heavy atom. The lowest BCUT2D eigenvalue weighted by molar-refractivity contribution is -0.129. The highest BCUT2D eigenvalue weighted by Gasteiger charge is 2.29. The topological polar surface area (TPSA) is 101 Å². The molecule has 0 bridgehead atoms. The number of thiophene rings is 2. The number of nitrogens with zero attached hydrogens (tertiary/aromatic N) is 3. The summed E-state index contributed by atoms with van der Waals surface area (Å²) in [5.41, 5.74) is 8.46. The smallest absolute Gasteiger partial charge is 0.263 e. The van der Waals surface area contributed by atoms with E-state index in [0.717, 1.165) is 27.9 Å². The monoisotopic (exact) mass is 415 g/mol. The molecule has 9 heteroatoms. The van der Waals surface area contributed by atoms with E-state index in [1.165, 1.54) is 11.3 Å². The normalized spacial score (nSPS) is 16.6. The van der Waals surface area contributed by atoms with Gasteiger partial charge >= 0.3 is 0 Å². The van der Waals surface area contributed by atoms with Crippen molar-refractivity contribution in [2.24, 2.45) is 0 Å². The van der Waals surface area contributed by atoms with E-state index in [-0.39, 0.29) is 17.9 Å². The molecule has 0 radical (unpaired) electrons. The summed E-state index contributed by atoms with van der Waals surface area (Å²) in [6.07, 6.45) is 1.16. The first kappa shape index (κ1) is 18.8. The first-order valence-corrected chi connectivity index (χ1v) is 10.8. The zero-order chi connectivity index (χ0) is 19.8. The van der Waals surface area contributed by atoms with Gasteiger partial charge in [-0.1, -0.05) is 6.07 Å². The van der Waals surface area contributed by atoms with Crippen LogP contribution in [0.2, 0.25) is 0 Å². The number of nitrogen functional groups attached to an aromatic ring is 1. The van der Waals surface area contributed by atoms with Gasteiger partial charge in [0.25, 0.3) is 5.91 Å². The van der Waals surface area contributed by atoms with E-state index in [4.69, 9.17) is 5.73 Å². The number of likely N-dealkylation sites (tertiary alicyclic amines) is 1. The highest BCUT2D eigenvalue weighted by molar-refractivity contribution is 7.21. The Morgan fingerprint density at radius 1 is 1.36 bits per heavy atom. The summed E-state index contributed by atoms with van der Waals surface area (Å²) in [7, 11) is 0. The summed E-state index contributed by atoms with van der Waals surface area (Å²) < 4.78 is 0. The maximum atomic E-state index is 12.8. The number of rotatable bonds is 4. The van der Waals surface area contributed by atoms with Crippen molar-refractivity contribution in [3.63, 3.8) is 0 Å². The van der Waals surface area contributed by atoms with Gasteiger partial charge in [-0.05, 0) is 37.3 Å². The van der Waals surface area contributed by atoms with Gasteiger partial charge in [-0.3, -0.25) is 9.59 Å². The quantitative estimate of drug-likeness (QED) is 0.682. The largest absolute Gasteiger partial charge is 0.397 e. The molecule has 1 atom stereocenters. The minimum absolute atomic E-state index is 0.0710. The van der Waals surface area contributed by atoms with Crippen LogP contribution in [0.15, 0.2) is 17.5 Å². The molecule has 3 aromatic rings. The third-order valence-corrected chi connectivity index (χ3v) is 7.09. The standard InChI is InChI=1S/C19H21N5O2S2/c1-10-11(2)22-23-19-15(10)16(20)17(28-19)18(26)21-12-5-6-24(9-12)14(25)8-13-4-3-7-27-13/h3-4,7,12H,5-6,8-9,20H2,1-2H3,(H,21,26). The third-order valence-electron chi connectivity index (χ3n) is 5.12. The molecule has 0 aliphatic carbocycles. The molecular weight excluding hydrogens is 394 g/mol. The Balaban J connectivity index is 1.43. The van der Waals surface area contributed by atoms with Gasteiger partial charge in [0.2, 0.25) is 5.91 Å². The second-order valence-corrected chi connectivity index (χ2v) is 9.02. The molecule has 1 unspecified atom stereocenters. The minimum atomic E-state index is -0.213. The number of hydrogen-bond acceptors (Lipinski definition) is 7. The van der Waals surface area contributed by atoms with Crippen molar-refractivity contribution in [2.45, 2.75) is 32.7 Å². The van der Waals surface area contributed by atoms with Crippen molar-refractivity contribution in [1.29, 1.82) is 0 Å². The van der Waals surface area contributed by atoms with Crippen molar-refractivity contribution < 1.29 is 9.59 Å². The van der Waals surface area contributed by atoms with Crippen molar-refractivity contribution in [3.8, 4) is 0 Å². The highest BCUT2D eigenvalue weighted by Crippen LogP contribution is 2.34. The molecule has 3 N–H and O–H groups in total. The number of aromatic nitrogens is 2. The summed E-state index contributed by atoms with van der Waals surface area (Å²) in [6, 6.07) is 3.84. The maximum absolute atomic E-state index is 12.8. The van der Waals surface area contributed by atoms with Crippen LogP contribution in [0.25, 0.3) is 10.2 Å². The van der Waals surface area contributed by atoms with Crippen LogP contribution in [-0.2, 0) is 11.2 Å². The molecule has 1 fully saturated rings. The lowest BCUT2D eigenvalue weighted by Gasteiger charge is -2.16. The van der Waals surface area contributed by atoms with Gasteiger partial charge in [-0.25, -0.2) is 0 Å². The molecule has 3 aromatic heterocycles. The number of carbonyl (C=O) groups excluding carboxylic acids is 2. The lowest BCUT2D eigenvalue weighted by atomic mass is 10.1. The van der Waals surface area contributed by atoms with Gasteiger partial charge in [-0.2, -0.15) is 5.10 Å². The average Bonchev–Trinajstić information content (AvgIpc) is 3.39. The van der Waals surface area contributed by atoms with Crippen LogP contribution in [0.4, 0.5) is 5.69 Å². The molecule has 4 heterocycles. The summed E-state index contributed by atoms with van der Waals surface area (Å²) >= 11 is 2.84. The van der Waals surface area contributed by atoms with E-state index < -0.39 is 0 Å². The van der Waals surface area contributed by atoms with Crippen LogP contribution in [0.5, 0.6) is 0 Å². The second-order valence-electron chi connectivity index (χ2n) is 6.99. The SMILES string of the molecule is Cc1nnc2sc(C(=O)NC3CCN(C(=O)Cc4cccs4)C3)c(N)c2c1C. The lowest BCUT2D eigenvalue weighted by Crippen LogP contribution is -2.38. The fourth-order valence-corrected chi connectivity index (χ4v) is 5.14. The summed E-state index contributed by atoms with van der Waals surface area (Å²) in [6.45, 7) is 4.99. The minimum Gasteiger partial charge on any atom is -0.397 e. The molecule has 7 nitrogen and oxygen atoms in total. The van der Waals surface area contributed by atoms with Gasteiger partial charge in [0.05, 0.1) is 17.8 Å². The molecule has 1 saturated heterocycles. The van der Waals surface area contributed by atoms with E-state index in [1.54, 1.807) is 11.3 Å². The van der Waals surface area contributed by atoms with E-state index in [9.17, 15) is 9.59 Å². The molecule has 146 valence electrons. The van der Waals surface area contributed by atoms with Gasteiger partial charge < -0.3 is 16.0 Å². The summed E-state index contributed by atoms with van der Waals surface area (Å²) in [5, 5.41) is 14.1. The summed E-state index contributed by atoms with van der Waals surface area (Å²) in [4.78, 5) is 29.2. The van der Waals surface area contributed by atoms with E-state index in [2.05, 4.69) is 15.5 Å². The zero-order valence-corrected chi connectivity index (χ0v) is 17.3. The van der Waals surface area contributed by atoms with Crippen molar-refractivity contribution in [3.05, 3.63) is 38.5 Å². The first-order valence-electron chi connectivity index (χ1n) is 9.07. The fraction of sp³-hybridized carbons (Fsp3) is 0.368. The van der Waals surface area contributed by atoms with E-state index in [1.807, 2.05) is 36.3 Å². The molecule has 1 aliphatic rings. The van der Waals surface area contributed by atoms with E-state index in [0.29, 0.717) is 34.9 Å². The number of nitrogens with two attached hydrogens (primary N) is 1. The Hall–Kier alpha value is -2.52. The first-order chi connectivity index (χ1) is 13.4. The van der Waals surface area contributed by atoms with Gasteiger partial charge in [-0.15, -0.1) is 27.8 Å². The number of aryl methyl sites for hydroxylation is 2. The van der Waals surface area contributed by atoms with Crippen molar-refractivity contribution in [1.82, 2.24) is 20.4 Å². The predicted octanol–water partition coefficient (Wildman–Crippen LogP) is 2.53. The van der Waals surface area contributed by atoms with Crippen LogP contribution in [0.3, 0.4) is 0 Å². The second kappa shape index (κ2) is 7.48. The van der Waals surface area contributed by atoms with Crippen molar-refractivity contribution in [2.75, 3.05) is 18.8 Å². The van der Waals surface area contributed by atoms with Gasteiger partial charge in [0.1, 0.15) is 9.71 Å². The molecule has 0 spiro atoms. The molecule has 0 saturated carbocycles. The molecule has 4 rings (SSSR count). The fourth-order valence-electron chi connectivity index (χ4n) is 3.44. The van der Waals surface area contributed by atoms with Crippen LogP contribution in [-0.4, -0.2) is 46.0 Å². The van der Waals surface area contributed by atoms with Crippen LogP contribution in [0.1, 0.15) is 32.2 Å². The molecule has 28 heavy (non-hydrogen) atoms. The van der Waals surface area contributed by atoms with Gasteiger partial charge in [0, 0.05) is 29.4 Å². The number of nitrogens with one attached hydrogen (secondary N) is 1. The Morgan fingerprint density at radius 2 is 2.18 bits per heavy atom. The Labute approximate surface area is 170 Å². The maximum Gasteiger partial charge on any atom is 0.263 e. The van der Waals surface area contributed by atoms with Crippen LogP contribution < -0.4 is 11.1 Å². The highest BCUT2D eigenvalue weighted by atomic mass is 32.1. The number of hydrogen-bond donors (Lipinski definition) is 2.